The molecule has 3 heteroatoms. The van der Waals surface area contributed by atoms with Crippen LogP contribution in [0.4, 0.5) is 0 Å². The second-order valence-corrected chi connectivity index (χ2v) is 7.50. The van der Waals surface area contributed by atoms with Crippen molar-refractivity contribution in [2.24, 2.45) is 5.92 Å². The summed E-state index contributed by atoms with van der Waals surface area (Å²) in [5.74, 6) is 2.06. The fraction of sp³-hybridized carbons (Fsp3) is 0.269. The molecule has 2 aliphatic rings. The van der Waals surface area contributed by atoms with Gasteiger partial charge in [-0.2, -0.15) is 0 Å². The summed E-state index contributed by atoms with van der Waals surface area (Å²) in [6, 6.07) is 16.2. The first-order chi connectivity index (χ1) is 14.2. The van der Waals surface area contributed by atoms with Crippen molar-refractivity contribution in [2.45, 2.75) is 25.7 Å². The van der Waals surface area contributed by atoms with Gasteiger partial charge in [-0.25, -0.2) is 0 Å². The number of benzene rings is 2. The predicted molar refractivity (Wildman–Crippen MR) is 116 cm³/mol. The van der Waals surface area contributed by atoms with E-state index in [-0.39, 0.29) is 5.78 Å². The Morgan fingerprint density at radius 1 is 1.03 bits per heavy atom. The largest absolute Gasteiger partial charge is 0.486 e. The van der Waals surface area contributed by atoms with Gasteiger partial charge in [0.25, 0.3) is 0 Å². The summed E-state index contributed by atoms with van der Waals surface area (Å²) in [6.45, 7) is 5.06. The highest BCUT2D eigenvalue weighted by atomic mass is 16.6. The fourth-order valence-electron chi connectivity index (χ4n) is 4.06. The number of fused-ring (bicyclic) bond motifs is 1. The number of carbonyl (C=O) groups is 1. The Hall–Kier alpha value is -3.07. The molecule has 2 aromatic carbocycles. The summed E-state index contributed by atoms with van der Waals surface area (Å²) < 4.78 is 11.2. The van der Waals surface area contributed by atoms with Gasteiger partial charge in [0.2, 0.25) is 0 Å². The zero-order chi connectivity index (χ0) is 20.1. The lowest BCUT2D eigenvalue weighted by molar-refractivity contribution is -0.118. The lowest BCUT2D eigenvalue weighted by Gasteiger charge is -2.19. The number of Topliss-reactive ketones (excluding diaryl/α,β-unsaturated/α-hetero) is 1. The second-order valence-electron chi connectivity index (χ2n) is 7.50. The molecule has 0 saturated heterocycles. The minimum Gasteiger partial charge on any atom is -0.486 e. The van der Waals surface area contributed by atoms with Crippen LogP contribution in [0.2, 0.25) is 0 Å². The monoisotopic (exact) mass is 386 g/mol. The molecule has 1 atom stereocenters. The molecule has 0 aromatic heterocycles. The van der Waals surface area contributed by atoms with Gasteiger partial charge in [0.15, 0.2) is 11.5 Å². The number of ketones is 1. The number of hydrogen-bond donors (Lipinski definition) is 0. The molecule has 1 aliphatic carbocycles. The highest BCUT2D eigenvalue weighted by Gasteiger charge is 2.23. The molecule has 0 bridgehead atoms. The van der Waals surface area contributed by atoms with E-state index in [1.54, 1.807) is 0 Å². The Labute approximate surface area is 172 Å². The third kappa shape index (κ3) is 4.51. The Morgan fingerprint density at radius 3 is 2.62 bits per heavy atom. The molecule has 4 rings (SSSR count). The molecule has 1 heterocycles. The van der Waals surface area contributed by atoms with E-state index >= 15 is 0 Å². The number of hydrogen-bond acceptors (Lipinski definition) is 3. The van der Waals surface area contributed by atoms with Crippen molar-refractivity contribution >= 4 is 11.4 Å². The molecule has 1 unspecified atom stereocenters. The molecule has 0 amide bonds. The van der Waals surface area contributed by atoms with Crippen LogP contribution < -0.4 is 9.47 Å². The minimum absolute atomic E-state index is 0.244. The average molecular weight is 386 g/mol. The molecule has 0 spiro atoms. The van der Waals surface area contributed by atoms with Crippen LogP contribution >= 0.6 is 0 Å². The molecule has 0 radical (unpaired) electrons. The molecule has 0 saturated carbocycles. The van der Waals surface area contributed by atoms with Gasteiger partial charge in [0, 0.05) is 18.8 Å². The summed E-state index contributed by atoms with van der Waals surface area (Å²) >= 11 is 0. The van der Waals surface area contributed by atoms with Gasteiger partial charge in [-0.1, -0.05) is 60.2 Å². The molecule has 29 heavy (non-hydrogen) atoms. The van der Waals surface area contributed by atoms with Gasteiger partial charge in [0.05, 0.1) is 0 Å². The summed E-state index contributed by atoms with van der Waals surface area (Å²) in [6.07, 6.45) is 9.01. The van der Waals surface area contributed by atoms with Gasteiger partial charge in [-0.15, -0.1) is 6.58 Å². The maximum atomic E-state index is 12.6. The standard InChI is InChI=1S/C26H26O3/c1-2-6-23-21(11-13-24(23)20-7-4-3-5-8-20)10-12-22(27)17-19-9-14-25-26(18-19)29-16-15-28-25/h2-5,7-9,11,13-14,18,23H,1,6,10,12,15-17H2. The van der Waals surface area contributed by atoms with Crippen LogP contribution in [-0.4, -0.2) is 19.0 Å². The lowest BCUT2D eigenvalue weighted by atomic mass is 9.86. The molecule has 0 fully saturated rings. The topological polar surface area (TPSA) is 35.5 Å². The van der Waals surface area contributed by atoms with Crippen LogP contribution in [0, 0.1) is 5.92 Å². The SMILES string of the molecule is C=CCC1C(CCC(=O)Cc2ccc3c(c2)OCCO3)=CC=C1c1ccccc1. The van der Waals surface area contributed by atoms with Crippen molar-refractivity contribution in [1.82, 2.24) is 0 Å². The Balaban J connectivity index is 1.36. The van der Waals surface area contributed by atoms with Crippen LogP contribution in [0.1, 0.15) is 30.4 Å². The first kappa shape index (κ1) is 19.3. The lowest BCUT2D eigenvalue weighted by Crippen LogP contribution is -2.15. The number of carbonyl (C=O) groups excluding carboxylic acids is 1. The third-order valence-corrected chi connectivity index (χ3v) is 5.51. The Morgan fingerprint density at radius 2 is 1.83 bits per heavy atom. The quantitative estimate of drug-likeness (QED) is 0.557. The molecule has 0 N–H and O–H groups in total. The van der Waals surface area contributed by atoms with E-state index in [1.807, 2.05) is 30.3 Å². The third-order valence-electron chi connectivity index (χ3n) is 5.51. The first-order valence-corrected chi connectivity index (χ1v) is 10.2. The molecular weight excluding hydrogens is 360 g/mol. The smallest absolute Gasteiger partial charge is 0.161 e. The zero-order valence-electron chi connectivity index (χ0n) is 16.6. The number of ether oxygens (including phenoxy) is 2. The van der Waals surface area contributed by atoms with Crippen molar-refractivity contribution in [3.8, 4) is 11.5 Å². The van der Waals surface area contributed by atoms with Crippen LogP contribution in [0.5, 0.6) is 11.5 Å². The summed E-state index contributed by atoms with van der Waals surface area (Å²) in [7, 11) is 0. The number of rotatable bonds is 8. The predicted octanol–water partition coefficient (Wildman–Crippen LogP) is 5.57. The van der Waals surface area contributed by atoms with E-state index in [4.69, 9.17) is 9.47 Å². The van der Waals surface area contributed by atoms with Crippen molar-refractivity contribution in [3.63, 3.8) is 0 Å². The van der Waals surface area contributed by atoms with E-state index in [0.29, 0.717) is 32.0 Å². The van der Waals surface area contributed by atoms with Crippen molar-refractivity contribution < 1.29 is 14.3 Å². The Bertz CT molecular complexity index is 953. The van der Waals surface area contributed by atoms with Crippen molar-refractivity contribution in [1.29, 1.82) is 0 Å². The molecule has 148 valence electrons. The van der Waals surface area contributed by atoms with E-state index in [0.717, 1.165) is 29.9 Å². The van der Waals surface area contributed by atoms with Crippen LogP contribution in [0.15, 0.2) is 78.9 Å². The first-order valence-electron chi connectivity index (χ1n) is 10.2. The van der Waals surface area contributed by atoms with E-state index in [1.165, 1.54) is 16.7 Å². The zero-order valence-corrected chi connectivity index (χ0v) is 16.6. The second kappa shape index (κ2) is 8.95. The molecule has 2 aromatic rings. The van der Waals surface area contributed by atoms with Crippen molar-refractivity contribution in [2.75, 3.05) is 13.2 Å². The number of allylic oxidation sites excluding steroid dienone is 5. The van der Waals surface area contributed by atoms with Gasteiger partial charge < -0.3 is 9.47 Å². The van der Waals surface area contributed by atoms with E-state index in [9.17, 15) is 4.79 Å². The highest BCUT2D eigenvalue weighted by Crippen LogP contribution is 2.39. The highest BCUT2D eigenvalue weighted by molar-refractivity contribution is 5.82. The van der Waals surface area contributed by atoms with Gasteiger partial charge in [-0.05, 0) is 41.7 Å². The summed E-state index contributed by atoms with van der Waals surface area (Å²) in [4.78, 5) is 12.6. The van der Waals surface area contributed by atoms with Gasteiger partial charge in [0.1, 0.15) is 19.0 Å². The van der Waals surface area contributed by atoms with Crippen molar-refractivity contribution in [3.05, 3.63) is 90.0 Å². The van der Waals surface area contributed by atoms with E-state index in [2.05, 4.69) is 43.0 Å². The molecular formula is C26H26O3. The van der Waals surface area contributed by atoms with Crippen LogP contribution in [0.25, 0.3) is 5.57 Å². The van der Waals surface area contributed by atoms with E-state index < -0.39 is 0 Å². The molecule has 3 nitrogen and oxygen atoms in total. The van der Waals surface area contributed by atoms with Gasteiger partial charge >= 0.3 is 0 Å². The summed E-state index contributed by atoms with van der Waals surface area (Å²) in [5.41, 5.74) is 4.86. The fourth-order valence-corrected chi connectivity index (χ4v) is 4.06. The van der Waals surface area contributed by atoms with Crippen LogP contribution in [0.3, 0.4) is 0 Å². The summed E-state index contributed by atoms with van der Waals surface area (Å²) in [5, 5.41) is 0. The minimum atomic E-state index is 0.244. The Kier molecular flexibility index (Phi) is 5.95. The normalized spacial score (nSPS) is 17.4. The molecule has 1 aliphatic heterocycles. The maximum Gasteiger partial charge on any atom is 0.161 e. The van der Waals surface area contributed by atoms with Gasteiger partial charge in [-0.3, -0.25) is 4.79 Å². The van der Waals surface area contributed by atoms with Crippen LogP contribution in [-0.2, 0) is 11.2 Å². The average Bonchev–Trinajstić information content (AvgIpc) is 3.16. The maximum absolute atomic E-state index is 12.6.